The van der Waals surface area contributed by atoms with Gasteiger partial charge in [-0.3, -0.25) is 9.59 Å². The maximum Gasteiger partial charge on any atom is 0.407 e. The second-order valence-corrected chi connectivity index (χ2v) is 17.1. The minimum absolute atomic E-state index is 0.0592. The van der Waals surface area contributed by atoms with E-state index in [-0.39, 0.29) is 29.7 Å². The van der Waals surface area contributed by atoms with Gasteiger partial charge < -0.3 is 49.3 Å². The zero-order chi connectivity index (χ0) is 44.6. The van der Waals surface area contributed by atoms with E-state index in [1.165, 1.54) is 14.2 Å². The molecule has 2 aromatic heterocycles. The molecule has 5 atom stereocenters. The number of nitrogens with one attached hydrogen (secondary N) is 4. The van der Waals surface area contributed by atoms with E-state index in [2.05, 4.69) is 50.9 Å². The number of imidazole rings is 2. The van der Waals surface area contributed by atoms with Gasteiger partial charge in [-0.1, -0.05) is 62.4 Å². The Labute approximate surface area is 370 Å². The lowest BCUT2D eigenvalue weighted by Gasteiger charge is -2.30. The number of H-pyrrole nitrogens is 2. The molecule has 4 aromatic carbocycles. The highest BCUT2D eigenvalue weighted by atomic mass is 16.5. The first-order chi connectivity index (χ1) is 31.0. The maximum atomic E-state index is 14.4. The number of benzene rings is 4. The number of alkyl carbamates (subject to hydrolysis) is 2. The third kappa shape index (κ3) is 7.97. The number of rotatable bonds is 11. The van der Waals surface area contributed by atoms with Gasteiger partial charge in [0.05, 0.1) is 55.8 Å². The van der Waals surface area contributed by atoms with Gasteiger partial charge in [0.25, 0.3) is 5.91 Å². The number of aromatic nitrogens is 4. The Hall–Kier alpha value is -6.94. The highest BCUT2D eigenvalue weighted by molar-refractivity contribution is 6.07. The minimum atomic E-state index is -0.954. The van der Waals surface area contributed by atoms with E-state index in [0.29, 0.717) is 49.9 Å². The standard InChI is InChI=1S/C48H52N8O8/c1-26(2)40(53-47(59)62-4)45(57)55-17-9-12-37(55)43-49-22-36(51-43)30-13-15-32-31(19-30)25-64-39-21-33-29(20-34(32)39)14-16-35-42(33)52-44(50-35)38-18-27(24-61-3)23-56(38)46(58)41(54-48(60)63-5)28-10-7-6-8-11-28/h6-8,10-11,13-16,19-22,26-27,37-38,40-41H,9,12,17-18,23-25H2,1-5H3,(H,49,51)(H,50,52)(H,53,59)(H,54,60)/t27-,37+,38+,40+,41-/m1/s1. The summed E-state index contributed by atoms with van der Waals surface area (Å²) in [5.41, 5.74) is 7.10. The number of hydrogen-bond acceptors (Lipinski definition) is 10. The zero-order valence-corrected chi connectivity index (χ0v) is 36.5. The van der Waals surface area contributed by atoms with Crippen molar-refractivity contribution < 1.29 is 38.1 Å². The van der Waals surface area contributed by atoms with E-state index in [9.17, 15) is 19.2 Å². The lowest BCUT2D eigenvalue weighted by Crippen LogP contribution is -2.51. The Bertz CT molecular complexity index is 2730. The lowest BCUT2D eigenvalue weighted by molar-refractivity contribution is -0.136. The van der Waals surface area contributed by atoms with Crippen LogP contribution in [0.2, 0.25) is 0 Å². The zero-order valence-electron chi connectivity index (χ0n) is 36.5. The summed E-state index contributed by atoms with van der Waals surface area (Å²) in [5, 5.41) is 7.36. The summed E-state index contributed by atoms with van der Waals surface area (Å²) >= 11 is 0. The Kier molecular flexibility index (Phi) is 11.7. The second kappa shape index (κ2) is 17.7. The first-order valence-electron chi connectivity index (χ1n) is 21.7. The third-order valence-electron chi connectivity index (χ3n) is 12.7. The number of fused-ring (bicyclic) bond motifs is 6. The molecule has 3 aliphatic heterocycles. The van der Waals surface area contributed by atoms with Crippen molar-refractivity contribution in [3.63, 3.8) is 0 Å². The Morgan fingerprint density at radius 2 is 1.66 bits per heavy atom. The SMILES string of the molecule is COC[C@@H]1C[C@@H](c2nc3c(ccc4cc5c(cc43)OCc3cc(-c4cnc([C@@H]6CCCN6C(=O)[C@@H](NC(=O)OC)C(C)C)[nH]4)ccc3-5)[nH]2)N(C(=O)[C@H](NC(=O)OC)c2ccccc2)C1. The third-order valence-corrected chi connectivity index (χ3v) is 12.7. The predicted octanol–water partition coefficient (Wildman–Crippen LogP) is 7.34. The summed E-state index contributed by atoms with van der Waals surface area (Å²) in [6.45, 7) is 5.64. The molecule has 6 aromatic rings. The van der Waals surface area contributed by atoms with Crippen molar-refractivity contribution in [1.82, 2.24) is 40.4 Å². The van der Waals surface area contributed by atoms with Crippen LogP contribution in [0.4, 0.5) is 9.59 Å². The van der Waals surface area contributed by atoms with Gasteiger partial charge in [0.2, 0.25) is 5.91 Å². The molecule has 0 saturated carbocycles. The van der Waals surface area contributed by atoms with Gasteiger partial charge >= 0.3 is 12.2 Å². The second-order valence-electron chi connectivity index (χ2n) is 17.1. The predicted molar refractivity (Wildman–Crippen MR) is 238 cm³/mol. The van der Waals surface area contributed by atoms with Crippen molar-refractivity contribution in [1.29, 1.82) is 0 Å². The van der Waals surface area contributed by atoms with Crippen molar-refractivity contribution in [3.8, 4) is 28.1 Å². The van der Waals surface area contributed by atoms with Crippen LogP contribution in [0, 0.1) is 11.8 Å². The van der Waals surface area contributed by atoms with E-state index in [0.717, 1.165) is 68.3 Å². The number of carbonyl (C=O) groups is 4. The van der Waals surface area contributed by atoms with Crippen LogP contribution in [0.15, 0.2) is 79.0 Å². The lowest BCUT2D eigenvalue weighted by atomic mass is 9.92. The van der Waals surface area contributed by atoms with Crippen molar-refractivity contribution >= 4 is 45.8 Å². The molecule has 2 saturated heterocycles. The van der Waals surface area contributed by atoms with Gasteiger partial charge in [-0.15, -0.1) is 0 Å². The monoisotopic (exact) mass is 868 g/mol. The molecule has 64 heavy (non-hydrogen) atoms. The summed E-state index contributed by atoms with van der Waals surface area (Å²) in [6.07, 6.45) is 2.69. The number of hydrogen-bond donors (Lipinski definition) is 4. The van der Waals surface area contributed by atoms with Gasteiger partial charge in [0.15, 0.2) is 0 Å². The molecule has 0 radical (unpaired) electrons. The summed E-state index contributed by atoms with van der Waals surface area (Å²) < 4.78 is 21.7. The summed E-state index contributed by atoms with van der Waals surface area (Å²) in [5.74, 6) is 1.62. The number of aromatic amines is 2. The molecule has 0 unspecified atom stereocenters. The average molecular weight is 869 g/mol. The Morgan fingerprint density at radius 1 is 0.859 bits per heavy atom. The molecule has 5 heterocycles. The largest absolute Gasteiger partial charge is 0.488 e. The highest BCUT2D eigenvalue weighted by Gasteiger charge is 2.42. The van der Waals surface area contributed by atoms with Gasteiger partial charge in [0, 0.05) is 37.1 Å². The molecular formula is C48H52N8O8. The fourth-order valence-electron chi connectivity index (χ4n) is 9.53. The first-order valence-corrected chi connectivity index (χ1v) is 21.7. The van der Waals surface area contributed by atoms with E-state index < -0.39 is 30.3 Å². The minimum Gasteiger partial charge on any atom is -0.488 e. The quantitative estimate of drug-likeness (QED) is 0.102. The fraction of sp³-hybridized carbons (Fsp3) is 0.375. The van der Waals surface area contributed by atoms with Crippen molar-refractivity contribution in [3.05, 3.63) is 102 Å². The number of methoxy groups -OCH3 is 3. The van der Waals surface area contributed by atoms with E-state index in [1.807, 2.05) is 56.3 Å². The van der Waals surface area contributed by atoms with Crippen LogP contribution in [0.25, 0.3) is 44.2 Å². The molecule has 16 nitrogen and oxygen atoms in total. The maximum absolute atomic E-state index is 14.4. The van der Waals surface area contributed by atoms with Crippen molar-refractivity contribution in [2.24, 2.45) is 11.8 Å². The van der Waals surface area contributed by atoms with Crippen LogP contribution in [-0.4, -0.2) is 101 Å². The first kappa shape index (κ1) is 42.4. The molecule has 9 rings (SSSR count). The normalized spacial score (nSPS) is 18.9. The molecule has 16 heteroatoms. The number of amides is 4. The summed E-state index contributed by atoms with van der Waals surface area (Å²) in [7, 11) is 4.22. The van der Waals surface area contributed by atoms with E-state index >= 15 is 0 Å². The van der Waals surface area contributed by atoms with Gasteiger partial charge in [-0.2, -0.15) is 0 Å². The number of ether oxygens (including phenoxy) is 4. The molecule has 0 aliphatic carbocycles. The van der Waals surface area contributed by atoms with Crippen LogP contribution in [-0.2, 0) is 30.4 Å². The molecule has 2 fully saturated rings. The molecule has 0 spiro atoms. The van der Waals surface area contributed by atoms with Gasteiger partial charge in [-0.05, 0) is 77.1 Å². The Balaban J connectivity index is 0.977. The molecule has 3 aliphatic rings. The molecular weight excluding hydrogens is 817 g/mol. The van der Waals surface area contributed by atoms with Gasteiger partial charge in [-0.25, -0.2) is 19.6 Å². The number of carbonyl (C=O) groups excluding carboxylic acids is 4. The van der Waals surface area contributed by atoms with E-state index in [4.69, 9.17) is 28.9 Å². The number of likely N-dealkylation sites (tertiary alicyclic amines) is 2. The van der Waals surface area contributed by atoms with E-state index in [1.54, 1.807) is 23.1 Å². The topological polar surface area (TPSA) is 193 Å². The molecule has 0 bridgehead atoms. The highest BCUT2D eigenvalue weighted by Crippen LogP contribution is 2.44. The summed E-state index contributed by atoms with van der Waals surface area (Å²) in [6, 6.07) is 21.4. The van der Waals surface area contributed by atoms with Crippen LogP contribution in [0.1, 0.15) is 74.0 Å². The number of nitrogens with zero attached hydrogens (tertiary/aromatic N) is 4. The van der Waals surface area contributed by atoms with Crippen LogP contribution in [0.5, 0.6) is 5.75 Å². The average Bonchev–Trinajstić information content (AvgIpc) is 4.15. The fourth-order valence-corrected chi connectivity index (χ4v) is 9.53. The van der Waals surface area contributed by atoms with Crippen LogP contribution in [0.3, 0.4) is 0 Å². The van der Waals surface area contributed by atoms with Crippen LogP contribution >= 0.6 is 0 Å². The Morgan fingerprint density at radius 3 is 2.42 bits per heavy atom. The molecule has 332 valence electrons. The molecule has 4 N–H and O–H groups in total. The van der Waals surface area contributed by atoms with Crippen molar-refractivity contribution in [2.45, 2.75) is 63.9 Å². The summed E-state index contributed by atoms with van der Waals surface area (Å²) in [4.78, 5) is 73.1. The smallest absolute Gasteiger partial charge is 0.407 e. The van der Waals surface area contributed by atoms with Crippen molar-refractivity contribution in [2.75, 3.05) is 41.0 Å². The van der Waals surface area contributed by atoms with Gasteiger partial charge in [0.1, 0.15) is 36.1 Å². The van der Waals surface area contributed by atoms with Crippen LogP contribution < -0.4 is 15.4 Å². The molecule has 4 amide bonds.